The highest BCUT2D eigenvalue weighted by atomic mass is 16.5. The van der Waals surface area contributed by atoms with Gasteiger partial charge in [-0.2, -0.15) is 0 Å². The summed E-state index contributed by atoms with van der Waals surface area (Å²) in [6.07, 6.45) is 5.37. The fourth-order valence-corrected chi connectivity index (χ4v) is 4.19. The van der Waals surface area contributed by atoms with Crippen molar-refractivity contribution in [3.8, 4) is 0 Å². The minimum Gasteiger partial charge on any atom is -0.457 e. The van der Waals surface area contributed by atoms with Crippen LogP contribution in [0, 0.1) is 23.2 Å². The van der Waals surface area contributed by atoms with Gasteiger partial charge in [0.15, 0.2) is 12.4 Å². The van der Waals surface area contributed by atoms with Gasteiger partial charge < -0.3 is 10.1 Å². The number of hydrogen-bond acceptors (Lipinski definition) is 4. The van der Waals surface area contributed by atoms with Gasteiger partial charge in [0.2, 0.25) is 5.91 Å². The molecule has 0 radical (unpaired) electrons. The number of ketones is 1. The first kappa shape index (κ1) is 19.6. The summed E-state index contributed by atoms with van der Waals surface area (Å²) in [5.74, 6) is 1.33. The first-order valence-electron chi connectivity index (χ1n) is 9.82. The van der Waals surface area contributed by atoms with E-state index in [2.05, 4.69) is 5.32 Å². The smallest absolute Gasteiger partial charge is 0.306 e. The first-order valence-corrected chi connectivity index (χ1v) is 9.82. The van der Waals surface area contributed by atoms with Crippen molar-refractivity contribution in [1.82, 2.24) is 0 Å². The molecule has 5 heteroatoms. The molecule has 1 N–H and O–H groups in total. The van der Waals surface area contributed by atoms with Crippen molar-refractivity contribution in [3.63, 3.8) is 0 Å². The van der Waals surface area contributed by atoms with Crippen LogP contribution in [0.3, 0.4) is 0 Å². The average Bonchev–Trinajstić information content (AvgIpc) is 3.22. The van der Waals surface area contributed by atoms with Crippen LogP contribution in [0.4, 0.5) is 5.69 Å². The quantitative estimate of drug-likeness (QED) is 0.600. The van der Waals surface area contributed by atoms with Crippen LogP contribution in [-0.4, -0.2) is 24.3 Å². The summed E-state index contributed by atoms with van der Waals surface area (Å²) in [7, 11) is 0. The largest absolute Gasteiger partial charge is 0.457 e. The van der Waals surface area contributed by atoms with E-state index in [1.807, 2.05) is 20.8 Å². The Morgan fingerprint density at radius 2 is 1.78 bits per heavy atom. The molecule has 3 rings (SSSR count). The third-order valence-corrected chi connectivity index (χ3v) is 5.82. The molecule has 2 aliphatic carbocycles. The van der Waals surface area contributed by atoms with Crippen molar-refractivity contribution in [3.05, 3.63) is 29.8 Å². The maximum Gasteiger partial charge on any atom is 0.306 e. The second-order valence-electron chi connectivity index (χ2n) is 9.00. The predicted octanol–water partition coefficient (Wildman–Crippen LogP) is 4.22. The summed E-state index contributed by atoms with van der Waals surface area (Å²) in [6, 6.07) is 6.66. The van der Waals surface area contributed by atoms with Crippen LogP contribution in [0.5, 0.6) is 0 Å². The molecule has 2 aliphatic rings. The topological polar surface area (TPSA) is 72.5 Å². The van der Waals surface area contributed by atoms with Crippen LogP contribution in [0.1, 0.15) is 63.2 Å². The molecule has 0 spiro atoms. The van der Waals surface area contributed by atoms with Crippen molar-refractivity contribution in [1.29, 1.82) is 0 Å². The lowest BCUT2D eigenvalue weighted by atomic mass is 9.86. The molecule has 0 aromatic heterocycles. The molecule has 0 saturated heterocycles. The molecular formula is C22H29NO4. The molecular weight excluding hydrogens is 342 g/mol. The van der Waals surface area contributed by atoms with Gasteiger partial charge in [-0.1, -0.05) is 27.2 Å². The second kappa shape index (κ2) is 7.83. The molecule has 0 heterocycles. The highest BCUT2D eigenvalue weighted by molar-refractivity contribution is 5.99. The number of anilines is 1. The number of Topliss-reactive ketones (excluding diaryl/α,β-unsaturated/α-hetero) is 1. The molecule has 1 aromatic carbocycles. The van der Waals surface area contributed by atoms with Gasteiger partial charge in [-0.05, 0) is 61.3 Å². The molecule has 2 bridgehead atoms. The molecule has 27 heavy (non-hydrogen) atoms. The lowest BCUT2D eigenvalue weighted by Crippen LogP contribution is -2.27. The van der Waals surface area contributed by atoms with Gasteiger partial charge in [-0.25, -0.2) is 0 Å². The molecule has 1 aromatic rings. The van der Waals surface area contributed by atoms with E-state index >= 15 is 0 Å². The van der Waals surface area contributed by atoms with Crippen molar-refractivity contribution < 1.29 is 19.1 Å². The monoisotopic (exact) mass is 371 g/mol. The van der Waals surface area contributed by atoms with E-state index in [1.165, 1.54) is 19.3 Å². The summed E-state index contributed by atoms with van der Waals surface area (Å²) >= 11 is 0. The van der Waals surface area contributed by atoms with Gasteiger partial charge in [0.05, 0.1) is 0 Å². The normalized spacial score (nSPS) is 23.9. The van der Waals surface area contributed by atoms with Gasteiger partial charge in [0.25, 0.3) is 0 Å². The third-order valence-electron chi connectivity index (χ3n) is 5.82. The number of carbonyl (C=O) groups is 3. The van der Waals surface area contributed by atoms with E-state index in [0.29, 0.717) is 29.5 Å². The van der Waals surface area contributed by atoms with Gasteiger partial charge in [-0.15, -0.1) is 0 Å². The second-order valence-corrected chi connectivity index (χ2v) is 9.00. The molecule has 0 unspecified atom stereocenters. The minimum absolute atomic E-state index is 0.0869. The van der Waals surface area contributed by atoms with Crippen LogP contribution >= 0.6 is 0 Å². The Kier molecular flexibility index (Phi) is 5.68. The van der Waals surface area contributed by atoms with Crippen LogP contribution in [0.2, 0.25) is 0 Å². The summed E-state index contributed by atoms with van der Waals surface area (Å²) in [6.45, 7) is 5.29. The maximum absolute atomic E-state index is 12.2. The molecule has 3 atom stereocenters. The molecule has 146 valence electrons. The average molecular weight is 371 g/mol. The highest BCUT2D eigenvalue weighted by Crippen LogP contribution is 2.49. The number of fused-ring (bicyclic) bond motifs is 2. The van der Waals surface area contributed by atoms with E-state index in [-0.39, 0.29) is 24.3 Å². The van der Waals surface area contributed by atoms with Crippen LogP contribution in [0.15, 0.2) is 24.3 Å². The zero-order valence-corrected chi connectivity index (χ0v) is 16.4. The number of benzene rings is 1. The number of nitrogens with one attached hydrogen (secondary N) is 1. The molecule has 0 aliphatic heterocycles. The van der Waals surface area contributed by atoms with E-state index in [9.17, 15) is 14.4 Å². The van der Waals surface area contributed by atoms with Crippen LogP contribution < -0.4 is 5.32 Å². The number of esters is 1. The highest BCUT2D eigenvalue weighted by Gasteiger charge is 2.40. The lowest BCUT2D eigenvalue weighted by Gasteiger charge is -2.20. The Bertz CT molecular complexity index is 717. The van der Waals surface area contributed by atoms with Gasteiger partial charge in [0.1, 0.15) is 0 Å². The van der Waals surface area contributed by atoms with E-state index < -0.39 is 5.41 Å². The van der Waals surface area contributed by atoms with Crippen molar-refractivity contribution in [2.45, 2.75) is 52.9 Å². The standard InChI is InChI=1S/C22H29NO4/c1-22(2,3)21(26)23-18-8-6-15(7-9-18)19(24)13-27-20(25)12-17-11-14-4-5-16(17)10-14/h6-9,14,16-17H,4-5,10-13H2,1-3H3,(H,23,26)/t14-,16+,17+/m0/s1. The number of hydrogen-bond donors (Lipinski definition) is 1. The summed E-state index contributed by atoms with van der Waals surface area (Å²) in [5, 5.41) is 2.82. The lowest BCUT2D eigenvalue weighted by molar-refractivity contribution is -0.144. The van der Waals surface area contributed by atoms with Gasteiger partial charge in [-0.3, -0.25) is 14.4 Å². The SMILES string of the molecule is CC(C)(C)C(=O)Nc1ccc(C(=O)COC(=O)C[C@H]2C[C@H]3CC[C@@H]2C3)cc1. The fraction of sp³-hybridized carbons (Fsp3) is 0.591. The number of rotatable bonds is 6. The molecule has 5 nitrogen and oxygen atoms in total. The summed E-state index contributed by atoms with van der Waals surface area (Å²) in [4.78, 5) is 36.3. The van der Waals surface area contributed by atoms with Crippen molar-refractivity contribution in [2.75, 3.05) is 11.9 Å². The Hall–Kier alpha value is -2.17. The Balaban J connectivity index is 1.45. The van der Waals surface area contributed by atoms with E-state index in [0.717, 1.165) is 12.3 Å². The number of amides is 1. The number of ether oxygens (including phenoxy) is 1. The molecule has 2 saturated carbocycles. The van der Waals surface area contributed by atoms with E-state index in [1.54, 1.807) is 24.3 Å². The van der Waals surface area contributed by atoms with E-state index in [4.69, 9.17) is 4.74 Å². The van der Waals surface area contributed by atoms with Crippen molar-refractivity contribution >= 4 is 23.3 Å². The summed E-state index contributed by atoms with van der Waals surface area (Å²) in [5.41, 5.74) is 0.623. The van der Waals surface area contributed by atoms with Gasteiger partial charge in [0, 0.05) is 23.1 Å². The zero-order valence-electron chi connectivity index (χ0n) is 16.4. The Labute approximate surface area is 160 Å². The third kappa shape index (κ3) is 4.96. The fourth-order valence-electron chi connectivity index (χ4n) is 4.19. The van der Waals surface area contributed by atoms with Gasteiger partial charge >= 0.3 is 5.97 Å². The Morgan fingerprint density at radius 3 is 2.33 bits per heavy atom. The Morgan fingerprint density at radius 1 is 1.07 bits per heavy atom. The van der Waals surface area contributed by atoms with Crippen LogP contribution in [0.25, 0.3) is 0 Å². The summed E-state index contributed by atoms with van der Waals surface area (Å²) < 4.78 is 5.21. The zero-order chi connectivity index (χ0) is 19.6. The van der Waals surface area contributed by atoms with Crippen LogP contribution in [-0.2, 0) is 14.3 Å². The van der Waals surface area contributed by atoms with Crippen molar-refractivity contribution in [2.24, 2.45) is 23.2 Å². The number of carbonyl (C=O) groups excluding carboxylic acids is 3. The minimum atomic E-state index is -0.485. The predicted molar refractivity (Wildman–Crippen MR) is 103 cm³/mol. The molecule has 2 fully saturated rings. The first-order chi connectivity index (χ1) is 12.7. The maximum atomic E-state index is 12.2. The molecule has 1 amide bonds.